The van der Waals surface area contributed by atoms with Gasteiger partial charge in [0, 0.05) is 12.6 Å². The topological polar surface area (TPSA) is 32.3 Å². The highest BCUT2D eigenvalue weighted by Gasteiger charge is 2.32. The third-order valence-corrected chi connectivity index (χ3v) is 5.71. The van der Waals surface area contributed by atoms with Gasteiger partial charge in [0.2, 0.25) is 0 Å². The van der Waals surface area contributed by atoms with Crippen LogP contribution in [0.4, 0.5) is 0 Å². The van der Waals surface area contributed by atoms with Crippen molar-refractivity contribution in [1.82, 2.24) is 5.32 Å². The average Bonchev–Trinajstić information content (AvgIpc) is 2.61. The Morgan fingerprint density at radius 3 is 2.00 bits per heavy atom. The van der Waals surface area contributed by atoms with Gasteiger partial charge in [0.15, 0.2) is 0 Å². The molecule has 0 unspecified atom stereocenters. The first-order valence-corrected chi connectivity index (χ1v) is 8.85. The molecule has 0 saturated heterocycles. The fourth-order valence-corrected chi connectivity index (χ4v) is 4.06. The minimum Gasteiger partial charge on any atom is -0.389 e. The predicted octanol–water partition coefficient (Wildman–Crippen LogP) is 4.27. The van der Waals surface area contributed by atoms with Crippen LogP contribution >= 0.6 is 0 Å². The van der Waals surface area contributed by atoms with E-state index in [2.05, 4.69) is 26.1 Å². The quantitative estimate of drug-likeness (QED) is 0.757. The Kier molecular flexibility index (Phi) is 5.53. The van der Waals surface area contributed by atoms with E-state index in [9.17, 15) is 5.11 Å². The van der Waals surface area contributed by atoms with Crippen LogP contribution in [-0.4, -0.2) is 23.3 Å². The highest BCUT2D eigenvalue weighted by molar-refractivity contribution is 4.88. The molecule has 2 saturated carbocycles. The molecule has 2 heteroatoms. The molecule has 0 heterocycles. The Morgan fingerprint density at radius 2 is 1.50 bits per heavy atom. The minimum absolute atomic E-state index is 0.419. The maximum absolute atomic E-state index is 10.7. The molecule has 2 nitrogen and oxygen atoms in total. The molecule has 0 atom stereocenters. The first-order chi connectivity index (χ1) is 9.39. The Morgan fingerprint density at radius 1 is 0.950 bits per heavy atom. The Balaban J connectivity index is 1.73. The molecule has 0 spiro atoms. The highest BCUT2D eigenvalue weighted by Crippen LogP contribution is 2.38. The molecule has 20 heavy (non-hydrogen) atoms. The summed E-state index contributed by atoms with van der Waals surface area (Å²) >= 11 is 0. The second-order valence-electron chi connectivity index (χ2n) is 8.43. The first-order valence-electron chi connectivity index (χ1n) is 8.85. The molecule has 2 N–H and O–H groups in total. The summed E-state index contributed by atoms with van der Waals surface area (Å²) in [7, 11) is 0. The number of aliphatic hydroxyl groups is 1. The average molecular weight is 281 g/mol. The Bertz CT molecular complexity index is 278. The van der Waals surface area contributed by atoms with Gasteiger partial charge in [-0.25, -0.2) is 0 Å². The monoisotopic (exact) mass is 281 g/mol. The number of hydrogen-bond acceptors (Lipinski definition) is 2. The number of hydrogen-bond donors (Lipinski definition) is 2. The van der Waals surface area contributed by atoms with Gasteiger partial charge in [0.05, 0.1) is 5.60 Å². The zero-order valence-corrected chi connectivity index (χ0v) is 13.9. The summed E-state index contributed by atoms with van der Waals surface area (Å²) in [6, 6.07) is 0.640. The molecule has 118 valence electrons. The molecule has 0 aromatic heterocycles. The lowest BCUT2D eigenvalue weighted by Gasteiger charge is -2.38. The van der Waals surface area contributed by atoms with Crippen LogP contribution in [0.25, 0.3) is 0 Å². The van der Waals surface area contributed by atoms with Crippen molar-refractivity contribution in [2.45, 2.75) is 96.6 Å². The van der Waals surface area contributed by atoms with Crippen molar-refractivity contribution in [2.24, 2.45) is 11.3 Å². The standard InChI is InChI=1S/C18H35NO/c1-17(2,3)15-8-10-16(11-9-15)19-14-18(20)12-6-4-5-7-13-18/h15-16,19-20H,4-14H2,1-3H3. The van der Waals surface area contributed by atoms with Crippen LogP contribution in [0.3, 0.4) is 0 Å². The molecule has 0 aromatic rings. The van der Waals surface area contributed by atoms with Crippen LogP contribution in [0, 0.1) is 11.3 Å². The van der Waals surface area contributed by atoms with E-state index in [-0.39, 0.29) is 0 Å². The van der Waals surface area contributed by atoms with E-state index in [0.717, 1.165) is 25.3 Å². The molecule has 2 aliphatic rings. The molecule has 0 radical (unpaired) electrons. The largest absolute Gasteiger partial charge is 0.389 e. The van der Waals surface area contributed by atoms with Crippen molar-refractivity contribution in [3.8, 4) is 0 Å². The Labute approximate surface area is 125 Å². The molecule has 0 bridgehead atoms. The van der Waals surface area contributed by atoms with Crippen LogP contribution in [0.2, 0.25) is 0 Å². The smallest absolute Gasteiger partial charge is 0.0771 e. The number of nitrogens with one attached hydrogen (secondary N) is 1. The third-order valence-electron chi connectivity index (χ3n) is 5.71. The van der Waals surface area contributed by atoms with Gasteiger partial charge in [-0.15, -0.1) is 0 Å². The summed E-state index contributed by atoms with van der Waals surface area (Å²) in [6.45, 7) is 7.94. The van der Waals surface area contributed by atoms with Crippen molar-refractivity contribution in [1.29, 1.82) is 0 Å². The van der Waals surface area contributed by atoms with Gasteiger partial charge in [-0.3, -0.25) is 0 Å². The van der Waals surface area contributed by atoms with Crippen molar-refractivity contribution in [2.75, 3.05) is 6.54 Å². The second kappa shape index (κ2) is 6.79. The maximum Gasteiger partial charge on any atom is 0.0771 e. The summed E-state index contributed by atoms with van der Waals surface area (Å²) < 4.78 is 0. The normalized spacial score (nSPS) is 31.8. The molecule has 2 aliphatic carbocycles. The van der Waals surface area contributed by atoms with E-state index in [4.69, 9.17) is 0 Å². The van der Waals surface area contributed by atoms with E-state index in [0.29, 0.717) is 11.5 Å². The van der Waals surface area contributed by atoms with Crippen molar-refractivity contribution >= 4 is 0 Å². The van der Waals surface area contributed by atoms with Crippen LogP contribution in [0.1, 0.15) is 85.0 Å². The van der Waals surface area contributed by atoms with Gasteiger partial charge in [-0.2, -0.15) is 0 Å². The van der Waals surface area contributed by atoms with Gasteiger partial charge in [-0.1, -0.05) is 46.5 Å². The summed E-state index contributed by atoms with van der Waals surface area (Å²) in [5.74, 6) is 0.876. The van der Waals surface area contributed by atoms with Crippen molar-refractivity contribution in [3.63, 3.8) is 0 Å². The molecular weight excluding hydrogens is 246 g/mol. The molecule has 0 aliphatic heterocycles. The van der Waals surface area contributed by atoms with Crippen LogP contribution in [0.5, 0.6) is 0 Å². The SMILES string of the molecule is CC(C)(C)C1CCC(NCC2(O)CCCCCC2)CC1. The van der Waals surface area contributed by atoms with Gasteiger partial charge < -0.3 is 10.4 Å². The van der Waals surface area contributed by atoms with Gasteiger partial charge in [0.1, 0.15) is 0 Å². The lowest BCUT2D eigenvalue weighted by molar-refractivity contribution is 0.0199. The minimum atomic E-state index is -0.419. The highest BCUT2D eigenvalue weighted by atomic mass is 16.3. The fourth-order valence-electron chi connectivity index (χ4n) is 4.06. The summed E-state index contributed by atoms with van der Waals surface area (Å²) in [5, 5.41) is 14.4. The van der Waals surface area contributed by atoms with Crippen molar-refractivity contribution in [3.05, 3.63) is 0 Å². The first kappa shape index (κ1) is 16.3. The van der Waals surface area contributed by atoms with Crippen LogP contribution in [0.15, 0.2) is 0 Å². The van der Waals surface area contributed by atoms with Crippen LogP contribution in [-0.2, 0) is 0 Å². The maximum atomic E-state index is 10.7. The fraction of sp³-hybridized carbons (Fsp3) is 1.00. The second-order valence-corrected chi connectivity index (χ2v) is 8.43. The van der Waals surface area contributed by atoms with E-state index in [1.54, 1.807) is 0 Å². The zero-order valence-electron chi connectivity index (χ0n) is 13.9. The summed E-state index contributed by atoms with van der Waals surface area (Å²) in [6.07, 6.45) is 12.3. The van der Waals surface area contributed by atoms with Gasteiger partial charge >= 0.3 is 0 Å². The lowest BCUT2D eigenvalue weighted by atomic mass is 9.71. The van der Waals surface area contributed by atoms with E-state index in [1.807, 2.05) is 0 Å². The Hall–Kier alpha value is -0.0800. The number of rotatable bonds is 3. The van der Waals surface area contributed by atoms with Crippen molar-refractivity contribution < 1.29 is 5.11 Å². The van der Waals surface area contributed by atoms with E-state index >= 15 is 0 Å². The van der Waals surface area contributed by atoms with Gasteiger partial charge in [-0.05, 0) is 49.9 Å². The van der Waals surface area contributed by atoms with Gasteiger partial charge in [0.25, 0.3) is 0 Å². The molecular formula is C18H35NO. The summed E-state index contributed by atoms with van der Waals surface area (Å²) in [4.78, 5) is 0. The molecule has 0 aromatic carbocycles. The van der Waals surface area contributed by atoms with Crippen LogP contribution < -0.4 is 5.32 Å². The zero-order chi connectivity index (χ0) is 14.6. The van der Waals surface area contributed by atoms with E-state index < -0.39 is 5.60 Å². The molecule has 0 amide bonds. The summed E-state index contributed by atoms with van der Waals surface area (Å²) in [5.41, 5.74) is 0.0435. The predicted molar refractivity (Wildman–Crippen MR) is 85.9 cm³/mol. The molecule has 2 fully saturated rings. The molecule has 2 rings (SSSR count). The third kappa shape index (κ3) is 4.73. The van der Waals surface area contributed by atoms with E-state index in [1.165, 1.54) is 51.4 Å². The lowest BCUT2D eigenvalue weighted by Crippen LogP contribution is -2.45.